The van der Waals surface area contributed by atoms with Crippen molar-refractivity contribution in [2.45, 2.75) is 0 Å². The molecular weight excluding hydrogens is 1120 g/mol. The van der Waals surface area contributed by atoms with Crippen molar-refractivity contribution in [3.05, 3.63) is 315 Å². The van der Waals surface area contributed by atoms with Gasteiger partial charge in [-0.25, -0.2) is 4.85 Å². The first kappa shape index (κ1) is 50.3. The number of aromatic nitrogens is 7. The van der Waals surface area contributed by atoms with Crippen LogP contribution < -0.4 is 0 Å². The molecule has 0 saturated heterocycles. The smallest absolute Gasteiger partial charge is 0.195 e. The summed E-state index contributed by atoms with van der Waals surface area (Å²) in [5.74, 6) is 0. The van der Waals surface area contributed by atoms with Crippen molar-refractivity contribution in [2.75, 3.05) is 0 Å². The van der Waals surface area contributed by atoms with Crippen LogP contribution in [-0.2, 0) is 0 Å². The average molecular weight is 1170 g/mol. The summed E-state index contributed by atoms with van der Waals surface area (Å²) < 4.78 is 14.5. The van der Waals surface area contributed by atoms with Crippen LogP contribution in [0.15, 0.2) is 304 Å². The summed E-state index contributed by atoms with van der Waals surface area (Å²) in [6.07, 6.45) is 4.05. The molecule has 0 saturated carbocycles. The molecule has 0 amide bonds. The Bertz CT molecular complexity index is 5680. The van der Waals surface area contributed by atoms with Gasteiger partial charge in [-0.1, -0.05) is 194 Å². The Balaban J connectivity index is 0.937. The van der Waals surface area contributed by atoms with Gasteiger partial charge < -0.3 is 27.4 Å². The molecule has 0 fully saturated rings. The second-order valence-electron chi connectivity index (χ2n) is 24.1. The van der Waals surface area contributed by atoms with Crippen molar-refractivity contribution in [2.24, 2.45) is 0 Å². The SMILES string of the molecule is [C-]#[N+]c1ccccc1-c1c(-n2c3cc(-n4c5ccccc5c5ccccc54)ccc3c3ccc(-n4c5ccccc5c5ccccc54)cc32)cncc1-n1c2cc(-n3c4ccccc4c4ccccc43)ccc2c2ccc(-n3c4ccccc4c4ccccc43)cc21. The quantitative estimate of drug-likeness (QED) is 0.147. The summed E-state index contributed by atoms with van der Waals surface area (Å²) in [7, 11) is 0. The van der Waals surface area contributed by atoms with Gasteiger partial charge in [-0.2, -0.15) is 0 Å². The van der Waals surface area contributed by atoms with Crippen molar-refractivity contribution < 1.29 is 0 Å². The number of benzene rings is 13. The van der Waals surface area contributed by atoms with E-state index in [9.17, 15) is 0 Å². The Kier molecular flexibility index (Phi) is 10.5. The van der Waals surface area contributed by atoms with Crippen LogP contribution in [-0.4, -0.2) is 32.4 Å². The molecule has 20 rings (SSSR count). The van der Waals surface area contributed by atoms with E-state index in [0.717, 1.165) is 133 Å². The normalized spacial score (nSPS) is 12.1. The van der Waals surface area contributed by atoms with E-state index in [0.29, 0.717) is 5.69 Å². The average Bonchev–Trinajstić information content (AvgIpc) is 1.57. The van der Waals surface area contributed by atoms with Gasteiger partial charge in [0.15, 0.2) is 5.69 Å². The van der Waals surface area contributed by atoms with E-state index in [4.69, 9.17) is 11.6 Å². The van der Waals surface area contributed by atoms with Gasteiger partial charge in [0.1, 0.15) is 0 Å². The lowest BCUT2D eigenvalue weighted by Gasteiger charge is -2.21. The van der Waals surface area contributed by atoms with Crippen LogP contribution >= 0.6 is 0 Å². The van der Waals surface area contributed by atoms with Gasteiger partial charge in [0, 0.05) is 92.9 Å². The number of rotatable bonds is 7. The van der Waals surface area contributed by atoms with Gasteiger partial charge in [-0.3, -0.25) is 4.98 Å². The lowest BCUT2D eigenvalue weighted by molar-refractivity contribution is 1.08. The largest absolute Gasteiger partial charge is 0.309 e. The maximum atomic E-state index is 8.99. The van der Waals surface area contributed by atoms with Gasteiger partial charge in [0.05, 0.1) is 96.5 Å². The molecule has 0 unspecified atom stereocenters. The van der Waals surface area contributed by atoms with E-state index in [1.807, 2.05) is 24.5 Å². The first-order valence-electron chi connectivity index (χ1n) is 31.2. The maximum absolute atomic E-state index is 8.99. The molecule has 0 aliphatic carbocycles. The number of nitrogens with zero attached hydrogens (tertiary/aromatic N) is 8. The van der Waals surface area contributed by atoms with Crippen molar-refractivity contribution in [1.82, 2.24) is 32.4 Å². The molecule has 0 bridgehead atoms. The third-order valence-electron chi connectivity index (χ3n) is 19.5. The van der Waals surface area contributed by atoms with E-state index < -0.39 is 0 Å². The zero-order chi connectivity index (χ0) is 60.3. The second-order valence-corrected chi connectivity index (χ2v) is 24.1. The van der Waals surface area contributed by atoms with Crippen LogP contribution in [0.3, 0.4) is 0 Å². The fourth-order valence-electron chi connectivity index (χ4n) is 15.7. The maximum Gasteiger partial charge on any atom is 0.195 e. The molecule has 0 aliphatic rings. The Labute approximate surface area is 526 Å². The van der Waals surface area contributed by atoms with Gasteiger partial charge in [0.25, 0.3) is 0 Å². The van der Waals surface area contributed by atoms with Gasteiger partial charge >= 0.3 is 0 Å². The molecule has 92 heavy (non-hydrogen) atoms. The number of pyridine rings is 1. The summed E-state index contributed by atoms with van der Waals surface area (Å²) in [6, 6.07) is 106. The number of hydrogen-bond donors (Lipinski definition) is 0. The zero-order valence-electron chi connectivity index (χ0n) is 49.4. The van der Waals surface area contributed by atoms with E-state index in [-0.39, 0.29) is 0 Å². The molecule has 0 atom stereocenters. The van der Waals surface area contributed by atoms with Crippen LogP contribution in [0.5, 0.6) is 0 Å². The third kappa shape index (κ3) is 6.96. The second kappa shape index (κ2) is 19.2. The first-order valence-corrected chi connectivity index (χ1v) is 31.2. The Morgan fingerprint density at radius 2 is 0.457 bits per heavy atom. The summed E-state index contributed by atoms with van der Waals surface area (Å²) in [4.78, 5) is 9.80. The van der Waals surface area contributed by atoms with Crippen LogP contribution in [0.1, 0.15) is 0 Å². The molecule has 13 aromatic carbocycles. The predicted molar refractivity (Wildman–Crippen MR) is 382 cm³/mol. The topological polar surface area (TPSA) is 46.8 Å². The minimum Gasteiger partial charge on any atom is -0.309 e. The first-order chi connectivity index (χ1) is 45.6. The summed E-state index contributed by atoms with van der Waals surface area (Å²) in [5.41, 5.74) is 21.1. The highest BCUT2D eigenvalue weighted by molar-refractivity contribution is 6.17. The van der Waals surface area contributed by atoms with E-state index in [2.05, 4.69) is 311 Å². The predicted octanol–water partition coefficient (Wildman–Crippen LogP) is 21.9. The summed E-state index contributed by atoms with van der Waals surface area (Å²) in [6.45, 7) is 8.99. The molecule has 8 nitrogen and oxygen atoms in total. The lowest BCUT2D eigenvalue weighted by atomic mass is 10.0. The molecule has 0 radical (unpaired) electrons. The molecule has 0 N–H and O–H groups in total. The fraction of sp³-hybridized carbons (Fsp3) is 0. The van der Waals surface area contributed by atoms with Crippen LogP contribution in [0.25, 0.3) is 181 Å². The number of para-hydroxylation sites is 9. The molecule has 7 heterocycles. The Morgan fingerprint density at radius 1 is 0.228 bits per heavy atom. The highest BCUT2D eigenvalue weighted by Crippen LogP contribution is 2.47. The van der Waals surface area contributed by atoms with E-state index >= 15 is 0 Å². The molecule has 8 heteroatoms. The van der Waals surface area contributed by atoms with E-state index in [1.165, 1.54) is 43.1 Å². The molecular formula is C84H50N8. The number of hydrogen-bond acceptors (Lipinski definition) is 1. The lowest BCUT2D eigenvalue weighted by Crippen LogP contribution is -2.06. The van der Waals surface area contributed by atoms with Crippen LogP contribution in [0, 0.1) is 6.57 Å². The third-order valence-corrected chi connectivity index (χ3v) is 19.5. The minimum atomic E-state index is 0.539. The van der Waals surface area contributed by atoms with Crippen LogP contribution in [0.4, 0.5) is 5.69 Å². The molecule has 20 aromatic rings. The van der Waals surface area contributed by atoms with Crippen molar-refractivity contribution >= 4 is 137 Å². The highest BCUT2D eigenvalue weighted by atomic mass is 15.1. The molecule has 7 aromatic heterocycles. The fourth-order valence-corrected chi connectivity index (χ4v) is 15.7. The minimum absolute atomic E-state index is 0.539. The highest BCUT2D eigenvalue weighted by Gasteiger charge is 2.27. The Morgan fingerprint density at radius 3 is 0.717 bits per heavy atom. The standard InChI is InChI=1S/C84H50N8/c1-85-69-29-11-2-28-68(69)84-82(91-78-46-52(87-70-30-12-3-20-56(70)57-21-4-13-31-71(57)87)38-42-64(78)65-43-39-53(47-79(65)91)88-72-32-14-5-22-58(72)59-23-6-15-33-73(59)88)50-86-51-83(84)92-80-48-54(89-74-34-16-7-24-60(74)61-25-8-17-35-75(61)89)40-44-66(80)67-45-41-55(49-81(67)92)90-76-36-18-9-26-62(76)63-27-10-19-37-77(63)90/h2-51H. The van der Waals surface area contributed by atoms with Crippen molar-refractivity contribution in [3.8, 4) is 45.3 Å². The van der Waals surface area contributed by atoms with Crippen molar-refractivity contribution in [3.63, 3.8) is 0 Å². The molecule has 0 spiro atoms. The van der Waals surface area contributed by atoms with Crippen LogP contribution in [0.2, 0.25) is 0 Å². The monoisotopic (exact) mass is 1170 g/mol. The zero-order valence-corrected chi connectivity index (χ0v) is 49.4. The molecule has 0 aliphatic heterocycles. The van der Waals surface area contributed by atoms with Gasteiger partial charge in [-0.05, 0) is 103 Å². The van der Waals surface area contributed by atoms with Crippen molar-refractivity contribution in [1.29, 1.82) is 0 Å². The number of fused-ring (bicyclic) bond motifs is 18. The van der Waals surface area contributed by atoms with Gasteiger partial charge in [0.2, 0.25) is 0 Å². The van der Waals surface area contributed by atoms with Gasteiger partial charge in [-0.15, -0.1) is 0 Å². The summed E-state index contributed by atoms with van der Waals surface area (Å²) >= 11 is 0. The molecule has 426 valence electrons. The van der Waals surface area contributed by atoms with E-state index in [1.54, 1.807) is 0 Å². The Hall–Kier alpha value is -12.7. The summed E-state index contributed by atoms with van der Waals surface area (Å²) in [5, 5.41) is 14.0.